The highest BCUT2D eigenvalue weighted by atomic mass is 16.7. The highest BCUT2D eigenvalue weighted by Crippen LogP contribution is 2.30. The number of alkyl carbamates (subject to hydrolysis) is 1. The number of carbonyl (C=O) groups excluding carboxylic acids is 4. The van der Waals surface area contributed by atoms with E-state index in [0.717, 1.165) is 5.56 Å². The average molecular weight is 394 g/mol. The fourth-order valence-electron chi connectivity index (χ4n) is 3.27. The van der Waals surface area contributed by atoms with Crippen LogP contribution in [0.4, 0.5) is 4.79 Å². The van der Waals surface area contributed by atoms with Gasteiger partial charge in [0, 0.05) is 6.04 Å². The summed E-state index contributed by atoms with van der Waals surface area (Å²) in [6.45, 7) is 0.157. The van der Waals surface area contributed by atoms with Crippen molar-refractivity contribution >= 4 is 23.9 Å². The third-order valence-electron chi connectivity index (χ3n) is 4.94. The number of carbonyl (C=O) groups is 4. The molecule has 0 unspecified atom stereocenters. The molecule has 1 aliphatic carbocycles. The molecule has 1 heterocycles. The first-order valence-electron chi connectivity index (χ1n) is 9.20. The number of nitrogens with one attached hydrogen (secondary N) is 1. The molecule has 3 amide bonds. The van der Waals surface area contributed by atoms with Gasteiger partial charge in [0.25, 0.3) is 11.8 Å². The molecule has 0 radical (unpaired) electrons. The average Bonchev–Trinajstić information content (AvgIpc) is 2.94. The van der Waals surface area contributed by atoms with E-state index < -0.39 is 29.8 Å². The van der Waals surface area contributed by atoms with E-state index >= 15 is 0 Å². The van der Waals surface area contributed by atoms with Gasteiger partial charge in [0.1, 0.15) is 6.61 Å². The van der Waals surface area contributed by atoms with Crippen molar-refractivity contribution in [1.29, 1.82) is 0 Å². The Morgan fingerprint density at radius 2 is 1.52 bits per heavy atom. The Morgan fingerprint density at radius 1 is 0.931 bits per heavy atom. The predicted molar refractivity (Wildman–Crippen MR) is 99.3 cm³/mol. The minimum Gasteiger partial charge on any atom is -0.445 e. The van der Waals surface area contributed by atoms with E-state index in [2.05, 4.69) is 5.32 Å². The number of amides is 3. The second kappa shape index (κ2) is 7.75. The molecule has 1 N–H and O–H groups in total. The third kappa shape index (κ3) is 3.82. The molecule has 29 heavy (non-hydrogen) atoms. The van der Waals surface area contributed by atoms with Gasteiger partial charge < -0.3 is 14.9 Å². The molecule has 2 aliphatic rings. The summed E-state index contributed by atoms with van der Waals surface area (Å²) in [5.41, 5.74) is 1.29. The third-order valence-corrected chi connectivity index (χ3v) is 4.94. The number of rotatable bonds is 5. The zero-order chi connectivity index (χ0) is 20.4. The van der Waals surface area contributed by atoms with Crippen LogP contribution in [0.3, 0.4) is 0 Å². The van der Waals surface area contributed by atoms with Crippen LogP contribution >= 0.6 is 0 Å². The van der Waals surface area contributed by atoms with Crippen LogP contribution in [0.1, 0.15) is 39.1 Å². The van der Waals surface area contributed by atoms with Gasteiger partial charge >= 0.3 is 12.1 Å². The molecule has 0 saturated heterocycles. The Bertz CT molecular complexity index is 933. The molecule has 1 aliphatic heterocycles. The monoisotopic (exact) mass is 394 g/mol. The lowest BCUT2D eigenvalue weighted by molar-refractivity contribution is -0.177. The molecule has 8 heteroatoms. The quantitative estimate of drug-likeness (QED) is 0.782. The van der Waals surface area contributed by atoms with E-state index in [1.165, 1.54) is 12.1 Å². The van der Waals surface area contributed by atoms with Gasteiger partial charge in [-0.1, -0.05) is 47.5 Å². The molecule has 2 aromatic carbocycles. The van der Waals surface area contributed by atoms with E-state index in [0.29, 0.717) is 17.9 Å². The summed E-state index contributed by atoms with van der Waals surface area (Å²) in [6, 6.07) is 15.3. The van der Waals surface area contributed by atoms with Crippen molar-refractivity contribution in [3.8, 4) is 0 Å². The van der Waals surface area contributed by atoms with Crippen LogP contribution in [0.25, 0.3) is 0 Å². The van der Waals surface area contributed by atoms with E-state index in [4.69, 9.17) is 9.57 Å². The Balaban J connectivity index is 1.22. The highest BCUT2D eigenvalue weighted by Gasteiger charge is 2.43. The molecule has 8 nitrogen and oxygen atoms in total. The topological polar surface area (TPSA) is 102 Å². The lowest BCUT2D eigenvalue weighted by Gasteiger charge is -2.33. The second-order valence-corrected chi connectivity index (χ2v) is 6.93. The molecule has 0 spiro atoms. The van der Waals surface area contributed by atoms with Gasteiger partial charge in [0.05, 0.1) is 17.0 Å². The summed E-state index contributed by atoms with van der Waals surface area (Å²) in [4.78, 5) is 53.6. The van der Waals surface area contributed by atoms with Gasteiger partial charge in [0.2, 0.25) is 0 Å². The van der Waals surface area contributed by atoms with E-state index in [9.17, 15) is 19.2 Å². The molecule has 1 fully saturated rings. The predicted octanol–water partition coefficient (Wildman–Crippen LogP) is 2.45. The van der Waals surface area contributed by atoms with Crippen molar-refractivity contribution in [2.24, 2.45) is 5.92 Å². The summed E-state index contributed by atoms with van der Waals surface area (Å²) in [7, 11) is 0. The SMILES string of the molecule is O=C(NC1CC(C(=O)ON2C(=O)c3ccccc3C2=O)C1)OCc1ccccc1. The van der Waals surface area contributed by atoms with Crippen molar-refractivity contribution in [1.82, 2.24) is 10.4 Å². The molecule has 1 saturated carbocycles. The molecular weight excluding hydrogens is 376 g/mol. The van der Waals surface area contributed by atoms with Crippen molar-refractivity contribution in [3.63, 3.8) is 0 Å². The summed E-state index contributed by atoms with van der Waals surface area (Å²) >= 11 is 0. The molecule has 148 valence electrons. The minimum absolute atomic E-state index is 0.157. The Morgan fingerprint density at radius 3 is 2.14 bits per heavy atom. The van der Waals surface area contributed by atoms with Crippen molar-refractivity contribution in [2.45, 2.75) is 25.5 Å². The zero-order valence-electron chi connectivity index (χ0n) is 15.4. The van der Waals surface area contributed by atoms with Gasteiger partial charge in [-0.2, -0.15) is 0 Å². The number of hydrogen-bond donors (Lipinski definition) is 1. The largest absolute Gasteiger partial charge is 0.445 e. The Kier molecular flexibility index (Phi) is 4.99. The normalized spacial score (nSPS) is 19.9. The van der Waals surface area contributed by atoms with Crippen LogP contribution < -0.4 is 5.32 Å². The van der Waals surface area contributed by atoms with Crippen molar-refractivity contribution in [3.05, 3.63) is 71.3 Å². The summed E-state index contributed by atoms with van der Waals surface area (Å²) in [6.07, 6.45) is 0.135. The number of fused-ring (bicyclic) bond motifs is 1. The van der Waals surface area contributed by atoms with Crippen LogP contribution in [0.15, 0.2) is 54.6 Å². The summed E-state index contributed by atoms with van der Waals surface area (Å²) in [5, 5.41) is 3.18. The van der Waals surface area contributed by atoms with E-state index in [-0.39, 0.29) is 23.8 Å². The maximum absolute atomic E-state index is 12.3. The lowest BCUT2D eigenvalue weighted by Crippen LogP contribution is -2.48. The molecule has 0 bridgehead atoms. The fourth-order valence-corrected chi connectivity index (χ4v) is 3.27. The standard InChI is InChI=1S/C21H18N2O6/c24-18-16-8-4-5-9-17(16)19(25)23(18)29-20(26)14-10-15(11-14)22-21(27)28-12-13-6-2-1-3-7-13/h1-9,14-15H,10-12H2,(H,22,27). The Hall–Kier alpha value is -3.68. The summed E-state index contributed by atoms with van der Waals surface area (Å²) in [5.74, 6) is -2.48. The van der Waals surface area contributed by atoms with Gasteiger partial charge in [-0.05, 0) is 30.5 Å². The van der Waals surface area contributed by atoms with Crippen molar-refractivity contribution < 1.29 is 28.8 Å². The van der Waals surface area contributed by atoms with Crippen LogP contribution in [0.5, 0.6) is 0 Å². The minimum atomic E-state index is -0.671. The first-order chi connectivity index (χ1) is 14.0. The van der Waals surface area contributed by atoms with E-state index in [1.54, 1.807) is 12.1 Å². The molecule has 2 aromatic rings. The van der Waals surface area contributed by atoms with E-state index in [1.807, 2.05) is 30.3 Å². The van der Waals surface area contributed by atoms with Gasteiger partial charge in [-0.3, -0.25) is 9.59 Å². The molecule has 0 atom stereocenters. The fraction of sp³-hybridized carbons (Fsp3) is 0.238. The maximum atomic E-state index is 12.3. The van der Waals surface area contributed by atoms with Gasteiger partial charge in [-0.25, -0.2) is 9.59 Å². The van der Waals surface area contributed by atoms with Crippen LogP contribution in [-0.2, 0) is 21.0 Å². The number of ether oxygens (including phenoxy) is 1. The van der Waals surface area contributed by atoms with Crippen LogP contribution in [-0.4, -0.2) is 35.0 Å². The number of hydrogen-bond acceptors (Lipinski definition) is 6. The number of nitrogens with zero attached hydrogens (tertiary/aromatic N) is 1. The van der Waals surface area contributed by atoms with Crippen molar-refractivity contribution in [2.75, 3.05) is 0 Å². The first-order valence-corrected chi connectivity index (χ1v) is 9.20. The highest BCUT2D eigenvalue weighted by molar-refractivity contribution is 6.20. The van der Waals surface area contributed by atoms with Crippen LogP contribution in [0.2, 0.25) is 0 Å². The van der Waals surface area contributed by atoms with Gasteiger partial charge in [0.15, 0.2) is 0 Å². The summed E-state index contributed by atoms with van der Waals surface area (Å²) < 4.78 is 5.14. The van der Waals surface area contributed by atoms with Crippen LogP contribution in [0, 0.1) is 5.92 Å². The molecule has 0 aromatic heterocycles. The smallest absolute Gasteiger partial charge is 0.407 e. The zero-order valence-corrected chi connectivity index (χ0v) is 15.4. The first kappa shape index (κ1) is 18.7. The number of benzene rings is 2. The molecular formula is C21H18N2O6. The lowest BCUT2D eigenvalue weighted by atomic mass is 9.80. The molecule has 4 rings (SSSR count). The maximum Gasteiger partial charge on any atom is 0.407 e. The number of hydroxylamine groups is 2. The van der Waals surface area contributed by atoms with Gasteiger partial charge in [-0.15, -0.1) is 0 Å². The Labute approximate surface area is 166 Å². The number of imide groups is 1. The second-order valence-electron chi connectivity index (χ2n) is 6.93.